The highest BCUT2D eigenvalue weighted by atomic mass is 32.1. The molecule has 6 nitrogen and oxygen atoms in total. The summed E-state index contributed by atoms with van der Waals surface area (Å²) in [4.78, 5) is 25.6. The van der Waals surface area contributed by atoms with Gasteiger partial charge >= 0.3 is 0 Å². The van der Waals surface area contributed by atoms with Crippen molar-refractivity contribution in [3.63, 3.8) is 0 Å². The summed E-state index contributed by atoms with van der Waals surface area (Å²) < 4.78 is 11.2. The molecule has 0 fully saturated rings. The Bertz CT molecular complexity index is 978. The van der Waals surface area contributed by atoms with Crippen molar-refractivity contribution in [1.82, 2.24) is 0 Å². The molecule has 0 saturated heterocycles. The fourth-order valence-electron chi connectivity index (χ4n) is 3.55. The Morgan fingerprint density at radius 3 is 2.71 bits per heavy atom. The van der Waals surface area contributed by atoms with Crippen molar-refractivity contribution in [2.75, 3.05) is 19.0 Å². The normalized spacial score (nSPS) is 13.3. The molecular formula is C24H30N2O4S. The maximum absolute atomic E-state index is 12.5. The number of fused-ring (bicyclic) bond motifs is 1. The smallest absolute Gasteiger partial charge is 0.251 e. The number of nitrogens with one attached hydrogen (secondary N) is 1. The second-order valence-electron chi connectivity index (χ2n) is 8.04. The third-order valence-electron chi connectivity index (χ3n) is 5.22. The van der Waals surface area contributed by atoms with Crippen molar-refractivity contribution in [2.45, 2.75) is 46.0 Å². The highest BCUT2D eigenvalue weighted by Gasteiger charge is 2.24. The number of hydrogen-bond acceptors (Lipinski definition) is 5. The van der Waals surface area contributed by atoms with Gasteiger partial charge < -0.3 is 20.5 Å². The lowest BCUT2D eigenvalue weighted by molar-refractivity contribution is -0.111. The monoisotopic (exact) mass is 442 g/mol. The van der Waals surface area contributed by atoms with E-state index in [4.69, 9.17) is 15.2 Å². The average Bonchev–Trinajstić information content (AvgIpc) is 3.10. The number of hydrogen-bond donors (Lipinski definition) is 2. The van der Waals surface area contributed by atoms with Gasteiger partial charge in [-0.05, 0) is 67.4 Å². The van der Waals surface area contributed by atoms with Crippen LogP contribution in [-0.2, 0) is 17.6 Å². The fraction of sp³-hybridized carbons (Fsp3) is 0.417. The lowest BCUT2D eigenvalue weighted by Crippen LogP contribution is -2.17. The second kappa shape index (κ2) is 10.5. The van der Waals surface area contributed by atoms with Gasteiger partial charge in [-0.1, -0.05) is 19.9 Å². The summed E-state index contributed by atoms with van der Waals surface area (Å²) in [5.74, 6) is 1.07. The van der Waals surface area contributed by atoms with Crippen molar-refractivity contribution in [2.24, 2.45) is 11.7 Å². The van der Waals surface area contributed by atoms with Crippen molar-refractivity contribution in [3.05, 3.63) is 45.8 Å². The molecule has 0 radical (unpaired) electrons. The van der Waals surface area contributed by atoms with Crippen LogP contribution >= 0.6 is 11.3 Å². The number of thiophene rings is 1. The van der Waals surface area contributed by atoms with Crippen molar-refractivity contribution in [3.8, 4) is 11.5 Å². The first kappa shape index (κ1) is 22.9. The van der Waals surface area contributed by atoms with Gasteiger partial charge in [0.1, 0.15) is 5.00 Å². The maximum atomic E-state index is 12.5. The van der Waals surface area contributed by atoms with Crippen molar-refractivity contribution in [1.29, 1.82) is 0 Å². The summed E-state index contributed by atoms with van der Waals surface area (Å²) in [6, 6.07) is 5.54. The summed E-state index contributed by atoms with van der Waals surface area (Å²) in [5, 5.41) is 3.38. The highest BCUT2D eigenvalue weighted by Crippen LogP contribution is 2.38. The summed E-state index contributed by atoms with van der Waals surface area (Å²) >= 11 is 1.45. The van der Waals surface area contributed by atoms with E-state index in [1.807, 2.05) is 18.2 Å². The van der Waals surface area contributed by atoms with Crippen LogP contribution in [0.5, 0.6) is 11.5 Å². The van der Waals surface area contributed by atoms with Gasteiger partial charge in [-0.15, -0.1) is 11.3 Å². The molecule has 0 atom stereocenters. The first-order chi connectivity index (χ1) is 14.9. The minimum atomic E-state index is -0.489. The third kappa shape index (κ3) is 5.88. The van der Waals surface area contributed by atoms with Crippen LogP contribution in [0.4, 0.5) is 5.00 Å². The molecule has 1 heterocycles. The highest BCUT2D eigenvalue weighted by molar-refractivity contribution is 7.17. The zero-order valence-corrected chi connectivity index (χ0v) is 19.1. The lowest BCUT2D eigenvalue weighted by atomic mass is 9.95. The molecule has 3 rings (SSSR count). The van der Waals surface area contributed by atoms with E-state index >= 15 is 0 Å². The zero-order chi connectivity index (χ0) is 22.4. The fourth-order valence-corrected chi connectivity index (χ4v) is 4.85. The van der Waals surface area contributed by atoms with Crippen LogP contribution in [0.3, 0.4) is 0 Å². The summed E-state index contributed by atoms with van der Waals surface area (Å²) in [6.45, 7) is 4.92. The number of carbonyl (C=O) groups is 2. The van der Waals surface area contributed by atoms with E-state index in [0.717, 1.165) is 48.1 Å². The molecule has 1 aromatic heterocycles. The third-order valence-corrected chi connectivity index (χ3v) is 6.43. The molecule has 7 heteroatoms. The molecule has 2 aromatic rings. The predicted octanol–water partition coefficient (Wildman–Crippen LogP) is 4.81. The molecule has 31 heavy (non-hydrogen) atoms. The van der Waals surface area contributed by atoms with Crippen LogP contribution in [0.2, 0.25) is 0 Å². The van der Waals surface area contributed by atoms with E-state index in [0.29, 0.717) is 34.6 Å². The van der Waals surface area contributed by atoms with E-state index < -0.39 is 5.91 Å². The lowest BCUT2D eigenvalue weighted by Gasteiger charge is -2.12. The Hall–Kier alpha value is -2.80. The Labute approximate surface area is 187 Å². The Morgan fingerprint density at radius 2 is 2.00 bits per heavy atom. The van der Waals surface area contributed by atoms with Crippen LogP contribution in [0, 0.1) is 5.92 Å². The molecule has 0 saturated carbocycles. The minimum absolute atomic E-state index is 0.308. The standard InChI is InChI=1S/C24H30N2O4S/c1-15(2)12-13-30-18-10-8-16(14-19(18)29-3)9-11-21(27)26-24-22(23(25)28)17-6-4-5-7-20(17)31-24/h8-11,14-15H,4-7,12-13H2,1-3H3,(H2,25,28)(H,26,27). The number of anilines is 1. The number of ether oxygens (including phenoxy) is 2. The summed E-state index contributed by atoms with van der Waals surface area (Å²) in [6.07, 6.45) is 8.00. The number of methoxy groups -OCH3 is 1. The van der Waals surface area contributed by atoms with Crippen LogP contribution in [0.25, 0.3) is 6.08 Å². The largest absolute Gasteiger partial charge is 0.493 e. The van der Waals surface area contributed by atoms with E-state index in [2.05, 4.69) is 19.2 Å². The number of benzene rings is 1. The zero-order valence-electron chi connectivity index (χ0n) is 18.3. The molecular weight excluding hydrogens is 412 g/mol. The van der Waals surface area contributed by atoms with Gasteiger partial charge in [0.15, 0.2) is 11.5 Å². The van der Waals surface area contributed by atoms with Gasteiger partial charge in [-0.25, -0.2) is 0 Å². The van der Waals surface area contributed by atoms with Gasteiger partial charge in [-0.2, -0.15) is 0 Å². The average molecular weight is 443 g/mol. The molecule has 2 amide bonds. The van der Waals surface area contributed by atoms with Crippen LogP contribution in [0.1, 0.15) is 59.5 Å². The van der Waals surface area contributed by atoms with Gasteiger partial charge in [0, 0.05) is 11.0 Å². The number of nitrogens with two attached hydrogens (primary N) is 1. The maximum Gasteiger partial charge on any atom is 0.251 e. The molecule has 0 unspecified atom stereocenters. The predicted molar refractivity (Wildman–Crippen MR) is 125 cm³/mol. The molecule has 1 aliphatic carbocycles. The quantitative estimate of drug-likeness (QED) is 0.545. The number of primary amides is 1. The Kier molecular flexibility index (Phi) is 7.74. The second-order valence-corrected chi connectivity index (χ2v) is 9.15. The van der Waals surface area contributed by atoms with Gasteiger partial charge in [0.25, 0.3) is 5.91 Å². The molecule has 0 bridgehead atoms. The number of amides is 2. The number of carbonyl (C=O) groups excluding carboxylic acids is 2. The van der Waals surface area contributed by atoms with Gasteiger partial charge in [-0.3, -0.25) is 9.59 Å². The van der Waals surface area contributed by atoms with Crippen LogP contribution in [0.15, 0.2) is 24.3 Å². The van der Waals surface area contributed by atoms with E-state index in [-0.39, 0.29) is 5.91 Å². The molecule has 1 aromatic carbocycles. The molecule has 0 spiro atoms. The van der Waals surface area contributed by atoms with Crippen molar-refractivity contribution < 1.29 is 19.1 Å². The Balaban J connectivity index is 1.69. The van der Waals surface area contributed by atoms with E-state index in [1.54, 1.807) is 13.2 Å². The first-order valence-electron chi connectivity index (χ1n) is 10.6. The van der Waals surface area contributed by atoms with Gasteiger partial charge in [0.2, 0.25) is 5.91 Å². The Morgan fingerprint density at radius 1 is 1.23 bits per heavy atom. The van der Waals surface area contributed by atoms with Crippen LogP contribution < -0.4 is 20.5 Å². The molecule has 0 aliphatic heterocycles. The topological polar surface area (TPSA) is 90.6 Å². The SMILES string of the molecule is COc1cc(C=CC(=O)Nc2sc3c(c2C(N)=O)CCCC3)ccc1OCCC(C)C. The van der Waals surface area contributed by atoms with Crippen molar-refractivity contribution >= 4 is 34.2 Å². The molecule has 3 N–H and O–H groups in total. The number of rotatable bonds is 9. The molecule has 166 valence electrons. The summed E-state index contributed by atoms with van der Waals surface area (Å²) in [5.41, 5.74) is 7.87. The van der Waals surface area contributed by atoms with E-state index in [1.165, 1.54) is 17.4 Å². The van der Waals surface area contributed by atoms with Crippen LogP contribution in [-0.4, -0.2) is 25.5 Å². The number of aryl methyl sites for hydroxylation is 1. The van der Waals surface area contributed by atoms with E-state index in [9.17, 15) is 9.59 Å². The molecule has 1 aliphatic rings. The first-order valence-corrected chi connectivity index (χ1v) is 11.4. The summed E-state index contributed by atoms with van der Waals surface area (Å²) in [7, 11) is 1.59. The minimum Gasteiger partial charge on any atom is -0.493 e. The van der Waals surface area contributed by atoms with Gasteiger partial charge in [0.05, 0.1) is 19.3 Å².